The van der Waals surface area contributed by atoms with E-state index in [1.54, 1.807) is 55.5 Å². The molecule has 2 rings (SSSR count). The van der Waals surface area contributed by atoms with Crippen LogP contribution in [0, 0.1) is 0 Å². The number of benzene rings is 2. The summed E-state index contributed by atoms with van der Waals surface area (Å²) in [5.41, 5.74) is 0.794. The number of carbonyl (C=O) groups is 2. The van der Waals surface area contributed by atoms with E-state index in [4.69, 9.17) is 9.47 Å². The highest BCUT2D eigenvalue weighted by molar-refractivity contribution is 5.96. The lowest BCUT2D eigenvalue weighted by molar-refractivity contribution is -0.115. The van der Waals surface area contributed by atoms with Crippen molar-refractivity contribution in [2.45, 2.75) is 33.3 Å². The molecule has 0 saturated carbocycles. The zero-order valence-corrected chi connectivity index (χ0v) is 14.0. The smallest absolute Gasteiger partial charge is 0.347 e. The summed E-state index contributed by atoms with van der Waals surface area (Å²) in [5.74, 6) is 0.0720. The Hall–Kier alpha value is -2.82. The lowest BCUT2D eigenvalue weighted by Crippen LogP contribution is -2.15. The molecule has 0 aliphatic heterocycles. The molecule has 0 aliphatic carbocycles. The Balaban J connectivity index is 2.23. The summed E-state index contributed by atoms with van der Waals surface area (Å²) in [6.45, 7) is 5.53. The highest BCUT2D eigenvalue weighted by atomic mass is 16.5. The number of anilines is 1. The first-order valence-electron chi connectivity index (χ1n) is 7.88. The van der Waals surface area contributed by atoms with Crippen molar-refractivity contribution < 1.29 is 19.1 Å². The van der Waals surface area contributed by atoms with Crippen LogP contribution in [0.3, 0.4) is 0 Å². The summed E-state index contributed by atoms with van der Waals surface area (Å²) >= 11 is 0. The van der Waals surface area contributed by atoms with E-state index in [0.29, 0.717) is 29.2 Å². The molecule has 0 atom stereocenters. The third-order valence-electron chi connectivity index (χ3n) is 3.15. The van der Waals surface area contributed by atoms with Crippen molar-refractivity contribution in [3.63, 3.8) is 0 Å². The second-order valence-corrected chi connectivity index (χ2v) is 5.45. The molecule has 0 spiro atoms. The standard InChI is InChI=1S/C19H21NO4/c1-4-18(21)20-15-10-6-8-12-17(15)24-19(22)14-9-5-7-11-16(14)23-13(2)3/h5-13H,4H2,1-3H3,(H,20,21). The van der Waals surface area contributed by atoms with Crippen LogP contribution >= 0.6 is 0 Å². The van der Waals surface area contributed by atoms with E-state index in [9.17, 15) is 9.59 Å². The van der Waals surface area contributed by atoms with Crippen molar-refractivity contribution in [1.82, 2.24) is 0 Å². The van der Waals surface area contributed by atoms with Crippen LogP contribution in [0.4, 0.5) is 5.69 Å². The third-order valence-corrected chi connectivity index (χ3v) is 3.15. The minimum atomic E-state index is -0.538. The molecule has 2 aromatic rings. The Morgan fingerprint density at radius 3 is 2.29 bits per heavy atom. The Morgan fingerprint density at radius 2 is 1.62 bits per heavy atom. The molecular formula is C19H21NO4. The fraction of sp³-hybridized carbons (Fsp3) is 0.263. The molecule has 0 saturated heterocycles. The molecule has 2 aromatic carbocycles. The summed E-state index contributed by atoms with van der Waals surface area (Å²) in [6.07, 6.45) is 0.281. The van der Waals surface area contributed by atoms with Gasteiger partial charge in [-0.1, -0.05) is 31.2 Å². The Labute approximate surface area is 141 Å². The number of carbonyl (C=O) groups excluding carboxylic acids is 2. The van der Waals surface area contributed by atoms with E-state index >= 15 is 0 Å². The predicted octanol–water partition coefficient (Wildman–Crippen LogP) is 4.04. The minimum absolute atomic E-state index is 0.0601. The molecule has 0 aliphatic rings. The second kappa shape index (κ2) is 8.15. The van der Waals surface area contributed by atoms with E-state index in [-0.39, 0.29) is 12.0 Å². The number of hydrogen-bond donors (Lipinski definition) is 1. The maximum Gasteiger partial charge on any atom is 0.347 e. The number of hydrogen-bond acceptors (Lipinski definition) is 4. The fourth-order valence-corrected chi connectivity index (χ4v) is 2.04. The van der Waals surface area contributed by atoms with Crippen LogP contribution in [0.15, 0.2) is 48.5 Å². The molecule has 0 radical (unpaired) electrons. The number of esters is 1. The van der Waals surface area contributed by atoms with Gasteiger partial charge in [-0.05, 0) is 38.1 Å². The van der Waals surface area contributed by atoms with Gasteiger partial charge in [0.1, 0.15) is 11.3 Å². The number of nitrogens with one attached hydrogen (secondary N) is 1. The van der Waals surface area contributed by atoms with Crippen molar-refractivity contribution >= 4 is 17.6 Å². The molecule has 1 N–H and O–H groups in total. The molecule has 5 heteroatoms. The van der Waals surface area contributed by atoms with E-state index in [2.05, 4.69) is 5.32 Å². The zero-order valence-electron chi connectivity index (χ0n) is 14.0. The third kappa shape index (κ3) is 4.59. The lowest BCUT2D eigenvalue weighted by Gasteiger charge is -2.14. The van der Waals surface area contributed by atoms with Gasteiger partial charge in [-0.3, -0.25) is 4.79 Å². The monoisotopic (exact) mass is 327 g/mol. The first kappa shape index (κ1) is 17.5. The van der Waals surface area contributed by atoms with Crippen LogP contribution in [0.1, 0.15) is 37.6 Å². The van der Waals surface area contributed by atoms with Gasteiger partial charge >= 0.3 is 5.97 Å². The van der Waals surface area contributed by atoms with Gasteiger partial charge in [0.25, 0.3) is 0 Å². The van der Waals surface area contributed by atoms with Crippen LogP contribution in [-0.2, 0) is 4.79 Å². The number of para-hydroxylation sites is 3. The lowest BCUT2D eigenvalue weighted by atomic mass is 10.2. The Kier molecular flexibility index (Phi) is 5.95. The topological polar surface area (TPSA) is 64.6 Å². The SMILES string of the molecule is CCC(=O)Nc1ccccc1OC(=O)c1ccccc1OC(C)C. The van der Waals surface area contributed by atoms with Gasteiger partial charge in [-0.25, -0.2) is 4.79 Å². The quantitative estimate of drug-likeness (QED) is 0.642. The van der Waals surface area contributed by atoms with Crippen LogP contribution in [-0.4, -0.2) is 18.0 Å². The van der Waals surface area contributed by atoms with Gasteiger partial charge in [-0.2, -0.15) is 0 Å². The molecule has 0 heterocycles. The largest absolute Gasteiger partial charge is 0.490 e. The van der Waals surface area contributed by atoms with Gasteiger partial charge < -0.3 is 14.8 Å². The van der Waals surface area contributed by atoms with Crippen LogP contribution in [0.25, 0.3) is 0 Å². The van der Waals surface area contributed by atoms with Crippen molar-refractivity contribution in [3.8, 4) is 11.5 Å². The molecule has 1 amide bonds. The van der Waals surface area contributed by atoms with Gasteiger partial charge in [0, 0.05) is 6.42 Å². The molecule has 5 nitrogen and oxygen atoms in total. The molecule has 0 bridgehead atoms. The summed E-state index contributed by atoms with van der Waals surface area (Å²) in [4.78, 5) is 24.1. The van der Waals surface area contributed by atoms with E-state index in [1.165, 1.54) is 0 Å². The molecule has 0 unspecified atom stereocenters. The predicted molar refractivity (Wildman–Crippen MR) is 92.5 cm³/mol. The van der Waals surface area contributed by atoms with Crippen LogP contribution in [0.5, 0.6) is 11.5 Å². The number of amides is 1. The maximum atomic E-state index is 12.5. The van der Waals surface area contributed by atoms with E-state index < -0.39 is 5.97 Å². The number of rotatable bonds is 6. The molecule has 0 fully saturated rings. The fourth-order valence-electron chi connectivity index (χ4n) is 2.04. The summed E-state index contributed by atoms with van der Waals surface area (Å²) < 4.78 is 11.1. The normalized spacial score (nSPS) is 10.3. The Morgan fingerprint density at radius 1 is 1.00 bits per heavy atom. The zero-order chi connectivity index (χ0) is 17.5. The average molecular weight is 327 g/mol. The van der Waals surface area contributed by atoms with Crippen LogP contribution in [0.2, 0.25) is 0 Å². The highest BCUT2D eigenvalue weighted by Gasteiger charge is 2.17. The molecular weight excluding hydrogens is 306 g/mol. The second-order valence-electron chi connectivity index (χ2n) is 5.45. The molecule has 126 valence electrons. The highest BCUT2D eigenvalue weighted by Crippen LogP contribution is 2.27. The first-order chi connectivity index (χ1) is 11.5. The van der Waals surface area contributed by atoms with E-state index in [0.717, 1.165) is 0 Å². The molecule has 0 aromatic heterocycles. The van der Waals surface area contributed by atoms with Gasteiger partial charge in [-0.15, -0.1) is 0 Å². The van der Waals surface area contributed by atoms with Gasteiger partial charge in [0.2, 0.25) is 5.91 Å². The Bertz CT molecular complexity index is 725. The maximum absolute atomic E-state index is 12.5. The van der Waals surface area contributed by atoms with Crippen molar-refractivity contribution in [1.29, 1.82) is 0 Å². The molecule has 24 heavy (non-hydrogen) atoms. The summed E-state index contributed by atoms with van der Waals surface area (Å²) in [6, 6.07) is 13.7. The minimum Gasteiger partial charge on any atom is -0.490 e. The van der Waals surface area contributed by atoms with Crippen molar-refractivity contribution in [2.75, 3.05) is 5.32 Å². The average Bonchev–Trinajstić information content (AvgIpc) is 2.56. The number of ether oxygens (including phenoxy) is 2. The summed E-state index contributed by atoms with van der Waals surface area (Å²) in [7, 11) is 0. The van der Waals surface area contributed by atoms with Gasteiger partial charge in [0.15, 0.2) is 5.75 Å². The van der Waals surface area contributed by atoms with E-state index in [1.807, 2.05) is 13.8 Å². The summed E-state index contributed by atoms with van der Waals surface area (Å²) in [5, 5.41) is 2.72. The van der Waals surface area contributed by atoms with Crippen molar-refractivity contribution in [3.05, 3.63) is 54.1 Å². The van der Waals surface area contributed by atoms with Gasteiger partial charge in [0.05, 0.1) is 11.8 Å². The van der Waals surface area contributed by atoms with Crippen molar-refractivity contribution in [2.24, 2.45) is 0 Å². The van der Waals surface area contributed by atoms with Crippen LogP contribution < -0.4 is 14.8 Å². The first-order valence-corrected chi connectivity index (χ1v) is 7.88.